The number of Topliss-reactive ketones (excluding diaryl/α,β-unsaturated/α-hetero) is 1. The quantitative estimate of drug-likeness (QED) is 0.0747. The van der Waals surface area contributed by atoms with Crippen molar-refractivity contribution in [3.63, 3.8) is 0 Å². The SMILES string of the molecule is CC(=CC[C@H](O[Si](c1ccccc1)(c1ccccc1)C(C)(C)C)C(C)=Cc1cccnc1)CCC[C@H](C)[C@H](O[Si](C)(C)C(C)(C)C)[C@@H](C)C(=O)C(C)(C)[C@H](CC(=O)O)O[Si](C)(C)C(C)(C)C. The zero-order valence-electron chi connectivity index (χ0n) is 44.6. The number of carbonyl (C=O) groups is 2. The Morgan fingerprint density at radius 3 is 1.68 bits per heavy atom. The normalized spacial score (nSPS) is 16.3. The molecule has 0 radical (unpaired) electrons. The first-order valence-electron chi connectivity index (χ1n) is 24.4. The fraction of sp³-hybridized carbons (Fsp3) is 0.589. The lowest BCUT2D eigenvalue weighted by Gasteiger charge is -2.46. The highest BCUT2D eigenvalue weighted by molar-refractivity contribution is 6.99. The Morgan fingerprint density at radius 2 is 1.23 bits per heavy atom. The van der Waals surface area contributed by atoms with Gasteiger partial charge >= 0.3 is 5.97 Å². The number of carboxylic acid groups (broad SMARTS) is 1. The zero-order chi connectivity index (χ0) is 50.1. The number of allylic oxidation sites excluding steroid dienone is 1. The van der Waals surface area contributed by atoms with Gasteiger partial charge in [-0.3, -0.25) is 14.6 Å². The highest BCUT2D eigenvalue weighted by Gasteiger charge is 2.52. The molecule has 3 aromatic rings. The van der Waals surface area contributed by atoms with E-state index in [1.165, 1.54) is 15.9 Å². The van der Waals surface area contributed by atoms with E-state index in [-0.39, 0.29) is 45.4 Å². The molecule has 1 N–H and O–H groups in total. The summed E-state index contributed by atoms with van der Waals surface area (Å²) in [4.78, 5) is 31.6. The summed E-state index contributed by atoms with van der Waals surface area (Å²) in [5, 5.41) is 12.2. The van der Waals surface area contributed by atoms with Crippen molar-refractivity contribution < 1.29 is 28.0 Å². The van der Waals surface area contributed by atoms with Gasteiger partial charge in [-0.2, -0.15) is 0 Å². The van der Waals surface area contributed by atoms with Gasteiger partial charge in [0.15, 0.2) is 16.6 Å². The average molecular weight is 957 g/mol. The van der Waals surface area contributed by atoms with E-state index < -0.39 is 48.4 Å². The largest absolute Gasteiger partial charge is 0.481 e. The number of aromatic nitrogens is 1. The number of carbonyl (C=O) groups excluding carboxylic acids is 1. The minimum Gasteiger partial charge on any atom is -0.481 e. The number of ketones is 1. The smallest absolute Gasteiger partial charge is 0.305 e. The van der Waals surface area contributed by atoms with Gasteiger partial charge in [0.25, 0.3) is 8.32 Å². The second-order valence-corrected chi connectivity index (χ2v) is 37.5. The molecule has 5 atom stereocenters. The molecule has 7 nitrogen and oxygen atoms in total. The van der Waals surface area contributed by atoms with E-state index in [9.17, 15) is 14.7 Å². The second kappa shape index (κ2) is 22.9. The van der Waals surface area contributed by atoms with Crippen LogP contribution in [0.1, 0.15) is 142 Å². The van der Waals surface area contributed by atoms with Crippen molar-refractivity contribution in [3.8, 4) is 0 Å². The Hall–Kier alpha value is -3.26. The molecule has 0 amide bonds. The first-order chi connectivity index (χ1) is 30.3. The maximum Gasteiger partial charge on any atom is 0.305 e. The number of nitrogens with zero attached hydrogens (tertiary/aromatic N) is 1. The van der Waals surface area contributed by atoms with Crippen LogP contribution in [-0.2, 0) is 22.9 Å². The minimum absolute atomic E-state index is 0.000679. The van der Waals surface area contributed by atoms with Gasteiger partial charge in [0.2, 0.25) is 0 Å². The van der Waals surface area contributed by atoms with E-state index in [1.807, 2.05) is 33.0 Å². The zero-order valence-corrected chi connectivity index (χ0v) is 47.6. The van der Waals surface area contributed by atoms with Crippen LogP contribution in [0, 0.1) is 17.3 Å². The highest BCUT2D eigenvalue weighted by Crippen LogP contribution is 2.45. The number of carboxylic acids is 1. The summed E-state index contributed by atoms with van der Waals surface area (Å²) >= 11 is 0. The molecule has 66 heavy (non-hydrogen) atoms. The van der Waals surface area contributed by atoms with Gasteiger partial charge in [-0.1, -0.05) is 174 Å². The molecule has 0 saturated carbocycles. The van der Waals surface area contributed by atoms with Gasteiger partial charge in [-0.05, 0) is 114 Å². The Morgan fingerprint density at radius 1 is 0.712 bits per heavy atom. The molecule has 1 aromatic heterocycles. The predicted octanol–water partition coefficient (Wildman–Crippen LogP) is 14.1. The van der Waals surface area contributed by atoms with E-state index in [1.54, 1.807) is 6.20 Å². The molecule has 0 bridgehead atoms. The lowest BCUT2D eigenvalue weighted by atomic mass is 9.73. The van der Waals surface area contributed by atoms with Crippen molar-refractivity contribution in [1.29, 1.82) is 0 Å². The number of rotatable bonds is 23. The minimum atomic E-state index is -2.88. The van der Waals surface area contributed by atoms with Gasteiger partial charge < -0.3 is 18.4 Å². The van der Waals surface area contributed by atoms with Crippen molar-refractivity contribution in [1.82, 2.24) is 4.98 Å². The second-order valence-electron chi connectivity index (χ2n) is 23.8. The lowest BCUT2D eigenvalue weighted by Crippen LogP contribution is -2.67. The van der Waals surface area contributed by atoms with E-state index in [0.29, 0.717) is 0 Å². The average Bonchev–Trinajstić information content (AvgIpc) is 3.21. The summed E-state index contributed by atoms with van der Waals surface area (Å²) in [5.41, 5.74) is 2.46. The van der Waals surface area contributed by atoms with Crippen LogP contribution in [0.25, 0.3) is 6.08 Å². The van der Waals surface area contributed by atoms with Crippen LogP contribution in [0.2, 0.25) is 41.3 Å². The molecule has 0 fully saturated rings. The Balaban J connectivity index is 1.98. The monoisotopic (exact) mass is 956 g/mol. The summed E-state index contributed by atoms with van der Waals surface area (Å²) in [6, 6.07) is 25.8. The van der Waals surface area contributed by atoms with Gasteiger partial charge in [-0.15, -0.1) is 0 Å². The molecular weight excluding hydrogens is 867 g/mol. The molecule has 0 aliphatic heterocycles. The molecule has 1 heterocycles. The van der Waals surface area contributed by atoms with Crippen LogP contribution >= 0.6 is 0 Å². The van der Waals surface area contributed by atoms with Crippen LogP contribution in [0.15, 0.2) is 102 Å². The highest BCUT2D eigenvalue weighted by atomic mass is 28.4. The standard InChI is InChI=1S/C56H89NO6Si3/c1-41(35-36-48(43(3)38-45-30-27-37-57-40-45)61-66(55(11,12)13,46-31-22-20-23-32-46)47-33-24-21-25-34-47)28-26-29-42(2)51(63-65(18,19)54(8,9)10)44(4)52(60)56(14,15)49(39-50(58)59)62-64(16,17)53(5,6)7/h20-25,27,30-35,37-38,40,42,44,48-49,51H,26,28-29,36,39H2,1-19H3,(H,58,59)/t42-,44+,48-,49-,51-/m0/s1. The van der Waals surface area contributed by atoms with Crippen LogP contribution in [0.5, 0.6) is 0 Å². The maximum atomic E-state index is 14.9. The summed E-state index contributed by atoms with van der Waals surface area (Å²) in [6.45, 7) is 41.3. The Labute approximate surface area is 405 Å². The number of benzene rings is 2. The molecule has 2 aromatic carbocycles. The van der Waals surface area contributed by atoms with Crippen molar-refractivity contribution >= 4 is 53.2 Å². The van der Waals surface area contributed by atoms with E-state index >= 15 is 0 Å². The van der Waals surface area contributed by atoms with Gasteiger partial charge in [0.05, 0.1) is 24.7 Å². The summed E-state index contributed by atoms with van der Waals surface area (Å²) in [7, 11) is -7.62. The molecule has 0 spiro atoms. The van der Waals surface area contributed by atoms with Crippen molar-refractivity contribution in [2.45, 2.75) is 196 Å². The van der Waals surface area contributed by atoms with Gasteiger partial charge in [-0.25, -0.2) is 0 Å². The topological polar surface area (TPSA) is 95.0 Å². The van der Waals surface area contributed by atoms with E-state index in [2.05, 4.69) is 193 Å². The third-order valence-corrected chi connectivity index (χ3v) is 29.0. The number of pyridine rings is 1. The molecule has 0 aliphatic carbocycles. The molecule has 0 aliphatic rings. The molecule has 0 unspecified atom stereocenters. The summed E-state index contributed by atoms with van der Waals surface area (Å²) in [5.74, 6) is -1.34. The summed E-state index contributed by atoms with van der Waals surface area (Å²) in [6.07, 6.45) is 10.2. The lowest BCUT2D eigenvalue weighted by molar-refractivity contribution is -0.146. The molecule has 366 valence electrons. The number of hydrogen-bond acceptors (Lipinski definition) is 6. The maximum absolute atomic E-state index is 14.9. The molecule has 0 saturated heterocycles. The Bertz CT molecular complexity index is 2020. The third-order valence-electron chi connectivity index (χ3n) is 15.0. The first kappa shape index (κ1) is 57.1. The molecule has 3 rings (SSSR count). The van der Waals surface area contributed by atoms with Crippen molar-refractivity contribution in [2.75, 3.05) is 0 Å². The Kier molecular flexibility index (Phi) is 19.8. The molecular formula is C56H89NO6Si3. The number of aliphatic carboxylic acids is 1. The van der Waals surface area contributed by atoms with Crippen LogP contribution < -0.4 is 10.4 Å². The van der Waals surface area contributed by atoms with Crippen LogP contribution in [0.3, 0.4) is 0 Å². The fourth-order valence-corrected chi connectivity index (χ4v) is 16.2. The van der Waals surface area contributed by atoms with Gasteiger partial charge in [0, 0.05) is 23.7 Å². The fourth-order valence-electron chi connectivity index (χ4n) is 8.58. The van der Waals surface area contributed by atoms with Gasteiger partial charge in [0.1, 0.15) is 5.78 Å². The van der Waals surface area contributed by atoms with Crippen molar-refractivity contribution in [3.05, 3.63) is 108 Å². The molecule has 10 heteroatoms. The van der Waals surface area contributed by atoms with Crippen molar-refractivity contribution in [2.24, 2.45) is 17.3 Å². The first-order valence-corrected chi connectivity index (χ1v) is 32.2. The number of hydrogen-bond donors (Lipinski definition) is 1. The van der Waals surface area contributed by atoms with Crippen LogP contribution in [-0.4, -0.2) is 65.1 Å². The third kappa shape index (κ3) is 14.6. The summed E-state index contributed by atoms with van der Waals surface area (Å²) < 4.78 is 21.8. The predicted molar refractivity (Wildman–Crippen MR) is 286 cm³/mol. The van der Waals surface area contributed by atoms with E-state index in [0.717, 1.165) is 36.8 Å². The van der Waals surface area contributed by atoms with Crippen LogP contribution in [0.4, 0.5) is 0 Å². The van der Waals surface area contributed by atoms with E-state index in [4.69, 9.17) is 13.3 Å².